The van der Waals surface area contributed by atoms with Crippen LogP contribution in [0.1, 0.15) is 29.4 Å². The number of aryl methyl sites for hydroxylation is 1. The molecule has 0 bridgehead atoms. The Morgan fingerprint density at radius 1 is 0.967 bits per heavy atom. The highest BCUT2D eigenvalue weighted by Gasteiger charge is 2.33. The monoisotopic (exact) mass is 431 g/mol. The first kappa shape index (κ1) is 21.9. The van der Waals surface area contributed by atoms with E-state index in [0.717, 1.165) is 37.2 Å². The molecule has 0 fully saturated rings. The highest BCUT2D eigenvalue weighted by atomic mass is 19.5. The zero-order valence-electron chi connectivity index (χ0n) is 15.5. The summed E-state index contributed by atoms with van der Waals surface area (Å²) in [6.45, 7) is 0. The zero-order chi connectivity index (χ0) is 21.9. The Morgan fingerprint density at radius 2 is 1.57 bits per heavy atom. The minimum Gasteiger partial charge on any atom is -0.418 e. The smallest absolute Gasteiger partial charge is 0.418 e. The number of fused-ring (bicyclic) bond motifs is 1. The van der Waals surface area contributed by atoms with Gasteiger partial charge in [-0.1, -0.05) is 35.0 Å². The van der Waals surface area contributed by atoms with E-state index in [4.69, 9.17) is 0 Å². The van der Waals surface area contributed by atoms with Gasteiger partial charge >= 0.3 is 13.4 Å². The second-order valence-electron chi connectivity index (χ2n) is 6.81. The van der Waals surface area contributed by atoms with Gasteiger partial charge in [0, 0.05) is 17.9 Å². The van der Waals surface area contributed by atoms with Crippen LogP contribution in [-0.2, 0) is 19.0 Å². The summed E-state index contributed by atoms with van der Waals surface area (Å²) in [4.78, 5) is 0. The van der Waals surface area contributed by atoms with Gasteiger partial charge in [0.1, 0.15) is 5.69 Å². The molecule has 0 saturated heterocycles. The van der Waals surface area contributed by atoms with Crippen molar-refractivity contribution >= 4 is 7.25 Å². The quantitative estimate of drug-likeness (QED) is 0.317. The van der Waals surface area contributed by atoms with Crippen LogP contribution < -0.4 is 4.57 Å². The first-order valence-electron chi connectivity index (χ1n) is 9.09. The molecule has 2 heterocycles. The molecule has 0 spiro atoms. The van der Waals surface area contributed by atoms with Crippen LogP contribution >= 0.6 is 0 Å². The number of alkyl halides is 3. The first-order valence-corrected chi connectivity index (χ1v) is 9.09. The molecule has 2 aromatic carbocycles. The lowest BCUT2D eigenvalue weighted by Crippen LogP contribution is -2.37. The van der Waals surface area contributed by atoms with Gasteiger partial charge in [0.15, 0.2) is 0 Å². The van der Waals surface area contributed by atoms with Crippen molar-refractivity contribution in [3.8, 4) is 5.69 Å². The van der Waals surface area contributed by atoms with Gasteiger partial charge in [-0.05, 0) is 36.2 Å². The molecule has 4 rings (SSSR count). The van der Waals surface area contributed by atoms with E-state index in [1.807, 2.05) is 24.5 Å². The minimum atomic E-state index is -6.00. The van der Waals surface area contributed by atoms with Crippen LogP contribution in [0.15, 0.2) is 60.9 Å². The van der Waals surface area contributed by atoms with Gasteiger partial charge in [-0.15, -0.1) is 0 Å². The summed E-state index contributed by atoms with van der Waals surface area (Å²) in [5.41, 5.74) is 1.26. The molecule has 160 valence electrons. The van der Waals surface area contributed by atoms with E-state index in [2.05, 4.69) is 21.8 Å². The van der Waals surface area contributed by atoms with Crippen LogP contribution in [0.2, 0.25) is 0 Å². The molecule has 0 aliphatic carbocycles. The fourth-order valence-electron chi connectivity index (χ4n) is 3.32. The van der Waals surface area contributed by atoms with E-state index < -0.39 is 19.0 Å². The average Bonchev–Trinajstić information content (AvgIpc) is 3.23. The van der Waals surface area contributed by atoms with Crippen molar-refractivity contribution in [2.24, 2.45) is 0 Å². The van der Waals surface area contributed by atoms with Gasteiger partial charge in [0.05, 0.1) is 11.6 Å². The number of aromatic nitrogens is 3. The lowest BCUT2D eigenvalue weighted by molar-refractivity contribution is -0.716. The minimum absolute atomic E-state index is 0.334. The molecule has 0 saturated carbocycles. The lowest BCUT2D eigenvalue weighted by atomic mass is 10.0. The van der Waals surface area contributed by atoms with Crippen LogP contribution in [0, 0.1) is 0 Å². The molecule has 1 aromatic heterocycles. The van der Waals surface area contributed by atoms with Crippen LogP contribution in [0.4, 0.5) is 30.4 Å². The van der Waals surface area contributed by atoms with Gasteiger partial charge in [-0.2, -0.15) is 13.2 Å². The molecule has 0 N–H and O–H groups in total. The predicted octanol–water partition coefficient (Wildman–Crippen LogP) is 5.21. The third-order valence-electron chi connectivity index (χ3n) is 4.62. The van der Waals surface area contributed by atoms with Crippen LogP contribution in [0.5, 0.6) is 0 Å². The lowest BCUT2D eigenvalue weighted by Gasteiger charge is -2.08. The molecule has 0 radical (unpaired) electrons. The second kappa shape index (κ2) is 8.49. The molecule has 1 aliphatic heterocycles. The van der Waals surface area contributed by atoms with E-state index in [-0.39, 0.29) is 0 Å². The van der Waals surface area contributed by atoms with E-state index in [9.17, 15) is 30.4 Å². The molecule has 1 atom stereocenters. The van der Waals surface area contributed by atoms with Crippen molar-refractivity contribution in [1.82, 2.24) is 9.78 Å². The molecule has 0 amide bonds. The van der Waals surface area contributed by atoms with E-state index >= 15 is 0 Å². The summed E-state index contributed by atoms with van der Waals surface area (Å²) >= 11 is 0. The van der Waals surface area contributed by atoms with Gasteiger partial charge in [0.25, 0.3) is 5.82 Å². The van der Waals surface area contributed by atoms with Crippen molar-refractivity contribution in [1.29, 1.82) is 0 Å². The van der Waals surface area contributed by atoms with E-state index in [0.29, 0.717) is 11.7 Å². The molecule has 11 heteroatoms. The fourth-order valence-corrected chi connectivity index (χ4v) is 3.32. The van der Waals surface area contributed by atoms with Crippen LogP contribution in [-0.4, -0.2) is 17.0 Å². The molecule has 1 aliphatic rings. The number of benzene rings is 2. The molecule has 3 aromatic rings. The Kier molecular flexibility index (Phi) is 6.18. The highest BCUT2D eigenvalue weighted by Crippen LogP contribution is 2.29. The molecule has 30 heavy (non-hydrogen) atoms. The zero-order valence-corrected chi connectivity index (χ0v) is 15.5. The summed E-state index contributed by atoms with van der Waals surface area (Å²) < 4.78 is 80.9. The number of hydrogen-bond donors (Lipinski definition) is 0. The number of hydrogen-bond acceptors (Lipinski definition) is 1. The van der Waals surface area contributed by atoms with Gasteiger partial charge in [-0.25, -0.2) is 4.57 Å². The number of nitrogens with zero attached hydrogens (tertiary/aromatic N) is 3. The van der Waals surface area contributed by atoms with Crippen LogP contribution in [0.25, 0.3) is 5.69 Å². The summed E-state index contributed by atoms with van der Waals surface area (Å²) in [5, 5.41) is 4.54. The Labute approximate surface area is 167 Å². The second-order valence-corrected chi connectivity index (χ2v) is 6.81. The SMILES string of the molecule is FC(F)(F)c1ccc(-n2c[n+]3c(n2)CC[C@@H]3Cc2ccccc2)cc1.F[B-](F)(F)F. The first-order chi connectivity index (χ1) is 14.0. The van der Waals surface area contributed by atoms with Gasteiger partial charge in [-0.3, -0.25) is 0 Å². The standard InChI is InChI=1S/C19H17F3N3.BF4/c20-19(21,22)15-6-8-16(9-7-15)25-13-24-17(10-11-18(24)23-25)12-14-4-2-1-3-5-14;2-1(3,4)5/h1-9,13,17H,10-12H2;/q+1;-1/t17-;/m1./s1. The third-order valence-corrected chi connectivity index (χ3v) is 4.62. The summed E-state index contributed by atoms with van der Waals surface area (Å²) in [6.07, 6.45) is 0.409. The van der Waals surface area contributed by atoms with Crippen molar-refractivity contribution in [2.75, 3.05) is 0 Å². The van der Waals surface area contributed by atoms with Crippen molar-refractivity contribution < 1.29 is 35.0 Å². The highest BCUT2D eigenvalue weighted by molar-refractivity contribution is 6.50. The largest absolute Gasteiger partial charge is 0.673 e. The van der Waals surface area contributed by atoms with Crippen molar-refractivity contribution in [2.45, 2.75) is 31.5 Å². The van der Waals surface area contributed by atoms with Crippen molar-refractivity contribution in [3.05, 3.63) is 77.9 Å². The summed E-state index contributed by atoms with van der Waals surface area (Å²) in [5.74, 6) is 0.973. The third kappa shape index (κ3) is 5.83. The Balaban J connectivity index is 0.000000461. The number of halogens is 7. The van der Waals surface area contributed by atoms with E-state index in [1.165, 1.54) is 17.7 Å². The van der Waals surface area contributed by atoms with Gasteiger partial charge in [0.2, 0.25) is 6.33 Å². The normalized spacial score (nSPS) is 16.0. The van der Waals surface area contributed by atoms with Gasteiger partial charge < -0.3 is 17.3 Å². The molecular weight excluding hydrogens is 414 g/mol. The average molecular weight is 431 g/mol. The Bertz CT molecular complexity index is 961. The number of rotatable bonds is 3. The molecular formula is C19H17BF7N3. The maximum absolute atomic E-state index is 12.7. The molecule has 3 nitrogen and oxygen atoms in total. The topological polar surface area (TPSA) is 21.7 Å². The maximum atomic E-state index is 12.7. The summed E-state index contributed by atoms with van der Waals surface area (Å²) in [6, 6.07) is 15.7. The fraction of sp³-hybridized carbons (Fsp3) is 0.263. The molecule has 0 unspecified atom stereocenters. The van der Waals surface area contributed by atoms with Crippen LogP contribution in [0.3, 0.4) is 0 Å². The van der Waals surface area contributed by atoms with Crippen molar-refractivity contribution in [3.63, 3.8) is 0 Å². The summed E-state index contributed by atoms with van der Waals surface area (Å²) in [7, 11) is -6.00. The predicted molar refractivity (Wildman–Crippen MR) is 96.5 cm³/mol. The Morgan fingerprint density at radius 3 is 2.13 bits per heavy atom. The Hall–Kier alpha value is -2.85. The maximum Gasteiger partial charge on any atom is 0.673 e. The van der Waals surface area contributed by atoms with E-state index in [1.54, 1.807) is 4.68 Å².